The Morgan fingerprint density at radius 1 is 1.16 bits per heavy atom. The monoisotopic (exact) mass is 342 g/mol. The first-order valence-corrected chi connectivity index (χ1v) is 8.36. The highest BCUT2D eigenvalue weighted by Crippen LogP contribution is 2.13. The van der Waals surface area contributed by atoms with Gasteiger partial charge in [0.1, 0.15) is 0 Å². The van der Waals surface area contributed by atoms with Crippen molar-refractivity contribution in [2.75, 3.05) is 0 Å². The van der Waals surface area contributed by atoms with E-state index in [4.69, 9.17) is 5.73 Å². The second-order valence-corrected chi connectivity index (χ2v) is 7.16. The van der Waals surface area contributed by atoms with Gasteiger partial charge < -0.3 is 16.2 Å². The lowest BCUT2D eigenvalue weighted by atomic mass is 9.98. The number of aliphatic hydroxyl groups excluding tert-OH is 1. The fraction of sp³-hybridized carbons (Fsp3) is 0.421. The maximum Gasteiger partial charge on any atom is 0.253 e. The van der Waals surface area contributed by atoms with Crippen LogP contribution < -0.4 is 11.1 Å². The first kappa shape index (κ1) is 19.0. The smallest absolute Gasteiger partial charge is 0.253 e. The molecule has 0 aliphatic carbocycles. The highest BCUT2D eigenvalue weighted by Gasteiger charge is 2.22. The van der Waals surface area contributed by atoms with E-state index < -0.39 is 12.1 Å². The summed E-state index contributed by atoms with van der Waals surface area (Å²) in [7, 11) is 0. The zero-order chi connectivity index (χ0) is 18.4. The SMILES string of the molecule is CC(C)(C)NC(=O)c1cccnc1C[C@H](O)[C@H](N)Cc1ccccn1. The largest absolute Gasteiger partial charge is 0.391 e. The third-order valence-corrected chi connectivity index (χ3v) is 3.69. The molecule has 0 aromatic carbocycles. The number of hydrogen-bond donors (Lipinski definition) is 3. The van der Waals surface area contributed by atoms with E-state index in [1.807, 2.05) is 39.0 Å². The minimum Gasteiger partial charge on any atom is -0.391 e. The van der Waals surface area contributed by atoms with Gasteiger partial charge in [0, 0.05) is 42.5 Å². The lowest BCUT2D eigenvalue weighted by Gasteiger charge is -2.22. The van der Waals surface area contributed by atoms with Gasteiger partial charge >= 0.3 is 0 Å². The molecule has 2 aromatic rings. The third-order valence-electron chi connectivity index (χ3n) is 3.69. The van der Waals surface area contributed by atoms with Crippen LogP contribution in [-0.2, 0) is 12.8 Å². The van der Waals surface area contributed by atoms with Crippen LogP contribution in [0.3, 0.4) is 0 Å². The Labute approximate surface area is 148 Å². The van der Waals surface area contributed by atoms with Gasteiger partial charge in [-0.2, -0.15) is 0 Å². The van der Waals surface area contributed by atoms with E-state index in [-0.39, 0.29) is 17.9 Å². The highest BCUT2D eigenvalue weighted by molar-refractivity contribution is 5.95. The molecule has 1 amide bonds. The van der Waals surface area contributed by atoms with Crippen molar-refractivity contribution in [3.8, 4) is 0 Å². The van der Waals surface area contributed by atoms with E-state index in [1.165, 1.54) is 0 Å². The lowest BCUT2D eigenvalue weighted by molar-refractivity contribution is 0.0916. The van der Waals surface area contributed by atoms with Crippen molar-refractivity contribution >= 4 is 5.91 Å². The number of nitrogens with one attached hydrogen (secondary N) is 1. The number of amides is 1. The van der Waals surface area contributed by atoms with Gasteiger partial charge in [-0.1, -0.05) is 6.07 Å². The predicted molar refractivity (Wildman–Crippen MR) is 97.1 cm³/mol. The van der Waals surface area contributed by atoms with Crippen LogP contribution in [0.4, 0.5) is 0 Å². The third kappa shape index (κ3) is 5.92. The summed E-state index contributed by atoms with van der Waals surface area (Å²) in [6.07, 6.45) is 3.15. The van der Waals surface area contributed by atoms with Crippen molar-refractivity contribution in [2.24, 2.45) is 5.73 Å². The fourth-order valence-electron chi connectivity index (χ4n) is 2.46. The van der Waals surface area contributed by atoms with Crippen LogP contribution in [0.15, 0.2) is 42.7 Å². The van der Waals surface area contributed by atoms with Crippen molar-refractivity contribution in [3.05, 3.63) is 59.7 Å². The molecular weight excluding hydrogens is 316 g/mol. The van der Waals surface area contributed by atoms with E-state index >= 15 is 0 Å². The summed E-state index contributed by atoms with van der Waals surface area (Å²) >= 11 is 0. The number of aromatic nitrogens is 2. The minimum atomic E-state index is -0.821. The normalized spacial score (nSPS) is 14.0. The number of aliphatic hydroxyl groups is 1. The molecule has 0 saturated carbocycles. The molecule has 6 nitrogen and oxygen atoms in total. The quantitative estimate of drug-likeness (QED) is 0.738. The number of nitrogens with zero attached hydrogens (tertiary/aromatic N) is 2. The molecule has 134 valence electrons. The van der Waals surface area contributed by atoms with E-state index in [0.29, 0.717) is 17.7 Å². The molecule has 2 rings (SSSR count). The Kier molecular flexibility index (Phi) is 6.22. The minimum absolute atomic E-state index is 0.207. The van der Waals surface area contributed by atoms with Crippen LogP contribution in [-0.4, -0.2) is 38.7 Å². The van der Waals surface area contributed by atoms with Gasteiger partial charge in [0.05, 0.1) is 17.4 Å². The fourth-order valence-corrected chi connectivity index (χ4v) is 2.46. The van der Waals surface area contributed by atoms with Crippen LogP contribution in [0.5, 0.6) is 0 Å². The van der Waals surface area contributed by atoms with Crippen LogP contribution in [0.25, 0.3) is 0 Å². The van der Waals surface area contributed by atoms with Crippen molar-refractivity contribution < 1.29 is 9.90 Å². The summed E-state index contributed by atoms with van der Waals surface area (Å²) in [5.74, 6) is -0.207. The molecule has 0 saturated heterocycles. The molecule has 0 unspecified atom stereocenters. The van der Waals surface area contributed by atoms with Gasteiger partial charge in [0.15, 0.2) is 0 Å². The topological polar surface area (TPSA) is 101 Å². The first-order valence-electron chi connectivity index (χ1n) is 8.36. The number of carbonyl (C=O) groups excluding carboxylic acids is 1. The van der Waals surface area contributed by atoms with Gasteiger partial charge in [0.25, 0.3) is 5.91 Å². The first-order chi connectivity index (χ1) is 11.8. The van der Waals surface area contributed by atoms with Gasteiger partial charge in [-0.3, -0.25) is 14.8 Å². The Morgan fingerprint density at radius 2 is 1.88 bits per heavy atom. The number of nitrogens with two attached hydrogens (primary N) is 1. The Bertz CT molecular complexity index is 698. The summed E-state index contributed by atoms with van der Waals surface area (Å²) in [4.78, 5) is 20.9. The zero-order valence-corrected chi connectivity index (χ0v) is 14.9. The zero-order valence-electron chi connectivity index (χ0n) is 14.9. The van der Waals surface area contributed by atoms with Gasteiger partial charge in [0.2, 0.25) is 0 Å². The summed E-state index contributed by atoms with van der Waals surface area (Å²) in [6.45, 7) is 5.75. The molecule has 0 fully saturated rings. The summed E-state index contributed by atoms with van der Waals surface area (Å²) in [6, 6.07) is 8.52. The average molecular weight is 342 g/mol. The van der Waals surface area contributed by atoms with E-state index in [1.54, 1.807) is 24.5 Å². The van der Waals surface area contributed by atoms with Gasteiger partial charge in [-0.25, -0.2) is 0 Å². The molecule has 0 radical (unpaired) electrons. The molecule has 2 heterocycles. The molecule has 4 N–H and O–H groups in total. The van der Waals surface area contributed by atoms with E-state index in [0.717, 1.165) is 5.69 Å². The molecule has 0 spiro atoms. The second kappa shape index (κ2) is 8.18. The molecular formula is C19H26N4O2. The number of hydrogen-bond acceptors (Lipinski definition) is 5. The lowest BCUT2D eigenvalue weighted by Crippen LogP contribution is -2.42. The maximum absolute atomic E-state index is 12.4. The molecule has 2 aromatic heterocycles. The molecule has 0 aliphatic rings. The van der Waals surface area contributed by atoms with Crippen molar-refractivity contribution in [2.45, 2.75) is 51.3 Å². The van der Waals surface area contributed by atoms with Crippen molar-refractivity contribution in [1.29, 1.82) is 0 Å². The summed E-state index contributed by atoms with van der Waals surface area (Å²) in [5, 5.41) is 13.4. The number of carbonyl (C=O) groups is 1. The standard InChI is InChI=1S/C19H26N4O2/c1-19(2,3)23-18(25)14-8-6-10-22-16(14)12-17(24)15(20)11-13-7-4-5-9-21-13/h4-10,15,17,24H,11-12,20H2,1-3H3,(H,23,25)/t15-,17+/m1/s1. The van der Waals surface area contributed by atoms with Crippen LogP contribution >= 0.6 is 0 Å². The van der Waals surface area contributed by atoms with Gasteiger partial charge in [-0.05, 0) is 45.0 Å². The Hall–Kier alpha value is -2.31. The second-order valence-electron chi connectivity index (χ2n) is 7.16. The molecule has 0 bridgehead atoms. The van der Waals surface area contributed by atoms with E-state index in [9.17, 15) is 9.90 Å². The molecule has 0 aliphatic heterocycles. The van der Waals surface area contributed by atoms with Crippen LogP contribution in [0.2, 0.25) is 0 Å². The van der Waals surface area contributed by atoms with Gasteiger partial charge in [-0.15, -0.1) is 0 Å². The van der Waals surface area contributed by atoms with Crippen molar-refractivity contribution in [3.63, 3.8) is 0 Å². The van der Waals surface area contributed by atoms with Crippen molar-refractivity contribution in [1.82, 2.24) is 15.3 Å². The average Bonchev–Trinajstić information content (AvgIpc) is 2.54. The van der Waals surface area contributed by atoms with Crippen LogP contribution in [0.1, 0.15) is 42.5 Å². The Balaban J connectivity index is 2.07. The predicted octanol–water partition coefficient (Wildman–Crippen LogP) is 1.48. The number of pyridine rings is 2. The van der Waals surface area contributed by atoms with E-state index in [2.05, 4.69) is 15.3 Å². The molecule has 25 heavy (non-hydrogen) atoms. The molecule has 6 heteroatoms. The summed E-state index contributed by atoms with van der Waals surface area (Å²) in [5.41, 5.74) is 7.57. The maximum atomic E-state index is 12.4. The molecule has 2 atom stereocenters. The Morgan fingerprint density at radius 3 is 2.52 bits per heavy atom. The summed E-state index contributed by atoms with van der Waals surface area (Å²) < 4.78 is 0. The highest BCUT2D eigenvalue weighted by atomic mass is 16.3. The van der Waals surface area contributed by atoms with Crippen LogP contribution in [0, 0.1) is 0 Å². The number of rotatable bonds is 6.